The minimum Gasteiger partial charge on any atom is -0.423 e. The molecule has 27 heavy (non-hydrogen) atoms. The first-order valence-electron chi connectivity index (χ1n) is 8.41. The van der Waals surface area contributed by atoms with Crippen LogP contribution in [-0.2, 0) is 0 Å². The summed E-state index contributed by atoms with van der Waals surface area (Å²) in [5.74, 6) is 0.0570. The second kappa shape index (κ2) is 7.29. The number of hydrogen-bond donors (Lipinski definition) is 0. The van der Waals surface area contributed by atoms with Crippen molar-refractivity contribution in [3.8, 4) is 17.0 Å². The number of para-hydroxylation sites is 2. The molecular formula is C22H15BrN2O2. The van der Waals surface area contributed by atoms with E-state index in [-0.39, 0.29) is 0 Å². The fourth-order valence-electron chi connectivity index (χ4n) is 2.70. The molecule has 5 heteroatoms. The predicted octanol–water partition coefficient (Wildman–Crippen LogP) is 5.59. The van der Waals surface area contributed by atoms with Crippen LogP contribution < -0.4 is 4.74 Å². The van der Waals surface area contributed by atoms with Crippen LogP contribution in [0, 0.1) is 6.92 Å². The third-order valence-electron chi connectivity index (χ3n) is 4.20. The quantitative estimate of drug-likeness (QED) is 0.321. The van der Waals surface area contributed by atoms with Gasteiger partial charge >= 0.3 is 5.97 Å². The summed E-state index contributed by atoms with van der Waals surface area (Å²) in [5.41, 5.74) is 4.77. The minimum atomic E-state index is -0.405. The zero-order valence-electron chi connectivity index (χ0n) is 14.5. The van der Waals surface area contributed by atoms with Crippen LogP contribution in [-0.4, -0.2) is 15.9 Å². The van der Waals surface area contributed by atoms with Crippen molar-refractivity contribution >= 4 is 32.9 Å². The molecule has 0 saturated carbocycles. The maximum Gasteiger partial charge on any atom is 0.343 e. The van der Waals surface area contributed by atoms with Crippen molar-refractivity contribution < 1.29 is 9.53 Å². The Morgan fingerprint density at radius 2 is 1.78 bits per heavy atom. The molecule has 3 aromatic carbocycles. The third kappa shape index (κ3) is 3.73. The van der Waals surface area contributed by atoms with Crippen molar-refractivity contribution in [1.29, 1.82) is 0 Å². The molecule has 4 aromatic rings. The monoisotopic (exact) mass is 418 g/mol. The summed E-state index contributed by atoms with van der Waals surface area (Å²) in [6, 6.07) is 20.4. The number of rotatable bonds is 3. The second-order valence-electron chi connectivity index (χ2n) is 6.13. The third-order valence-corrected chi connectivity index (χ3v) is 5.05. The number of aromatic nitrogens is 2. The van der Waals surface area contributed by atoms with Crippen LogP contribution in [0.4, 0.5) is 0 Å². The molecule has 0 radical (unpaired) electrons. The van der Waals surface area contributed by atoms with E-state index in [9.17, 15) is 4.79 Å². The lowest BCUT2D eigenvalue weighted by Crippen LogP contribution is -2.08. The molecule has 0 aliphatic rings. The zero-order chi connectivity index (χ0) is 18.8. The number of carbonyl (C=O) groups is 1. The topological polar surface area (TPSA) is 52.1 Å². The molecular weight excluding hydrogens is 404 g/mol. The smallest absolute Gasteiger partial charge is 0.343 e. The highest BCUT2D eigenvalue weighted by Gasteiger charge is 2.11. The Hall–Kier alpha value is -3.05. The van der Waals surface area contributed by atoms with Crippen LogP contribution in [0.1, 0.15) is 15.9 Å². The molecule has 0 aliphatic carbocycles. The van der Waals surface area contributed by atoms with Gasteiger partial charge in [-0.1, -0.05) is 46.3 Å². The van der Waals surface area contributed by atoms with Crippen LogP contribution in [0.2, 0.25) is 0 Å². The number of halogens is 1. The van der Waals surface area contributed by atoms with E-state index in [1.807, 2.05) is 49.4 Å². The van der Waals surface area contributed by atoms with E-state index in [4.69, 9.17) is 4.74 Å². The van der Waals surface area contributed by atoms with Gasteiger partial charge in [0.25, 0.3) is 0 Å². The van der Waals surface area contributed by atoms with Crippen LogP contribution in [0.15, 0.2) is 77.4 Å². The number of hydrogen-bond acceptors (Lipinski definition) is 4. The molecule has 0 spiro atoms. The summed E-state index contributed by atoms with van der Waals surface area (Å²) in [6.07, 6.45) is 1.72. The van der Waals surface area contributed by atoms with E-state index in [1.165, 1.54) is 0 Å². The number of nitrogens with zero attached hydrogens (tertiary/aromatic N) is 2. The molecule has 0 N–H and O–H groups in total. The average molecular weight is 419 g/mol. The number of aryl methyl sites for hydroxylation is 1. The van der Waals surface area contributed by atoms with Crippen molar-refractivity contribution in [3.05, 3.63) is 88.5 Å². The van der Waals surface area contributed by atoms with Crippen molar-refractivity contribution in [1.82, 2.24) is 9.97 Å². The Morgan fingerprint density at radius 3 is 2.59 bits per heavy atom. The Labute approximate surface area is 165 Å². The Kier molecular flexibility index (Phi) is 4.69. The van der Waals surface area contributed by atoms with Crippen LogP contribution in [0.3, 0.4) is 0 Å². The Morgan fingerprint density at radius 1 is 0.963 bits per heavy atom. The number of esters is 1. The van der Waals surface area contributed by atoms with Gasteiger partial charge in [-0.15, -0.1) is 0 Å². The highest BCUT2D eigenvalue weighted by atomic mass is 79.9. The highest BCUT2D eigenvalue weighted by Crippen LogP contribution is 2.25. The molecule has 0 saturated heterocycles. The summed E-state index contributed by atoms with van der Waals surface area (Å²) in [7, 11) is 0. The average Bonchev–Trinajstić information content (AvgIpc) is 2.70. The Balaban J connectivity index is 1.61. The molecule has 0 bridgehead atoms. The fraction of sp³-hybridized carbons (Fsp3) is 0.0455. The van der Waals surface area contributed by atoms with Crippen LogP contribution in [0.25, 0.3) is 22.3 Å². The summed E-state index contributed by atoms with van der Waals surface area (Å²) < 4.78 is 6.41. The summed E-state index contributed by atoms with van der Waals surface area (Å²) in [5, 5.41) is 0. The highest BCUT2D eigenvalue weighted by molar-refractivity contribution is 9.10. The Bertz CT molecular complexity index is 1160. The number of benzene rings is 3. The van der Waals surface area contributed by atoms with Crippen molar-refractivity contribution in [2.75, 3.05) is 0 Å². The van der Waals surface area contributed by atoms with E-state index in [0.717, 1.165) is 32.3 Å². The largest absolute Gasteiger partial charge is 0.423 e. The van der Waals surface area contributed by atoms with Gasteiger partial charge in [0.05, 0.1) is 28.5 Å². The van der Waals surface area contributed by atoms with Crippen molar-refractivity contribution in [2.45, 2.75) is 6.92 Å². The second-order valence-corrected chi connectivity index (χ2v) is 6.98. The maximum absolute atomic E-state index is 12.4. The van der Waals surface area contributed by atoms with Gasteiger partial charge < -0.3 is 4.74 Å². The van der Waals surface area contributed by atoms with E-state index in [0.29, 0.717) is 11.3 Å². The summed E-state index contributed by atoms with van der Waals surface area (Å²) in [4.78, 5) is 21.5. The predicted molar refractivity (Wildman–Crippen MR) is 109 cm³/mol. The maximum atomic E-state index is 12.4. The molecule has 0 amide bonds. The normalized spacial score (nSPS) is 10.7. The van der Waals surface area contributed by atoms with Gasteiger partial charge in [-0.3, -0.25) is 4.98 Å². The standard InChI is InChI=1S/C22H15BrN2O2/c1-14-9-10-16(12-18(14)23)22(26)27-17-6-4-5-15(11-17)21-13-24-19-7-2-3-8-20(19)25-21/h2-13H,1H3. The van der Waals surface area contributed by atoms with E-state index < -0.39 is 5.97 Å². The molecule has 0 aliphatic heterocycles. The molecule has 0 fully saturated rings. The number of fused-ring (bicyclic) bond motifs is 1. The van der Waals surface area contributed by atoms with E-state index in [1.54, 1.807) is 30.5 Å². The van der Waals surface area contributed by atoms with Gasteiger partial charge in [0, 0.05) is 10.0 Å². The first-order chi connectivity index (χ1) is 13.1. The van der Waals surface area contributed by atoms with Crippen LogP contribution in [0.5, 0.6) is 5.75 Å². The van der Waals surface area contributed by atoms with Gasteiger partial charge in [0.2, 0.25) is 0 Å². The summed E-state index contributed by atoms with van der Waals surface area (Å²) >= 11 is 3.44. The van der Waals surface area contributed by atoms with Crippen molar-refractivity contribution in [3.63, 3.8) is 0 Å². The molecule has 1 heterocycles. The first-order valence-corrected chi connectivity index (χ1v) is 9.20. The van der Waals surface area contributed by atoms with Gasteiger partial charge in [0.1, 0.15) is 5.75 Å². The lowest BCUT2D eigenvalue weighted by atomic mass is 10.1. The van der Waals surface area contributed by atoms with Crippen molar-refractivity contribution in [2.24, 2.45) is 0 Å². The number of ether oxygens (including phenoxy) is 1. The van der Waals surface area contributed by atoms with Gasteiger partial charge in [-0.2, -0.15) is 0 Å². The number of carbonyl (C=O) groups excluding carboxylic acids is 1. The molecule has 132 valence electrons. The minimum absolute atomic E-state index is 0.405. The van der Waals surface area contributed by atoms with E-state index >= 15 is 0 Å². The summed E-state index contributed by atoms with van der Waals surface area (Å²) in [6.45, 7) is 1.97. The zero-order valence-corrected chi connectivity index (χ0v) is 16.1. The molecule has 4 rings (SSSR count). The molecule has 0 atom stereocenters. The molecule has 0 unspecified atom stereocenters. The SMILES string of the molecule is Cc1ccc(C(=O)Oc2cccc(-c3cnc4ccccc4n3)c2)cc1Br. The van der Waals surface area contributed by atoms with E-state index in [2.05, 4.69) is 25.9 Å². The molecule has 4 nitrogen and oxygen atoms in total. The van der Waals surface area contributed by atoms with Gasteiger partial charge in [-0.25, -0.2) is 9.78 Å². The van der Waals surface area contributed by atoms with Crippen LogP contribution >= 0.6 is 15.9 Å². The molecule has 1 aromatic heterocycles. The lowest BCUT2D eigenvalue weighted by molar-refractivity contribution is 0.0735. The lowest BCUT2D eigenvalue weighted by Gasteiger charge is -2.08. The van der Waals surface area contributed by atoms with Gasteiger partial charge in [0.15, 0.2) is 0 Å². The van der Waals surface area contributed by atoms with Gasteiger partial charge in [-0.05, 0) is 48.9 Å². The first kappa shape index (κ1) is 17.4. The fourth-order valence-corrected chi connectivity index (χ4v) is 3.08.